The first-order valence-corrected chi connectivity index (χ1v) is 5.56. The van der Waals surface area contributed by atoms with Crippen LogP contribution in [0.2, 0.25) is 0 Å². The molecule has 0 aliphatic heterocycles. The van der Waals surface area contributed by atoms with Crippen LogP contribution in [0.25, 0.3) is 0 Å². The summed E-state index contributed by atoms with van der Waals surface area (Å²) in [5.74, 6) is -4.92. The predicted molar refractivity (Wildman–Crippen MR) is 66.4 cm³/mol. The zero-order valence-corrected chi connectivity index (χ0v) is 10.9. The lowest BCUT2D eigenvalue weighted by Crippen LogP contribution is -2.67. The molecule has 0 saturated carbocycles. The van der Waals surface area contributed by atoms with E-state index in [0.29, 0.717) is 6.92 Å². The first-order valence-electron chi connectivity index (χ1n) is 5.56. The summed E-state index contributed by atoms with van der Waals surface area (Å²) >= 11 is 0. The standard InChI is InChI=1S/C13H14O7/c1-12(19,10(15)16)13(20-2,11(17)18)9(14)8-6-4-3-5-7-8/h3-7,19H,1-2H3,(H,15,16)(H,17,18). The number of carbonyl (C=O) groups excluding carboxylic acids is 1. The summed E-state index contributed by atoms with van der Waals surface area (Å²) in [6, 6.07) is 7.16. The zero-order valence-electron chi connectivity index (χ0n) is 10.9. The second kappa shape index (κ2) is 5.40. The molecule has 2 atom stereocenters. The fraction of sp³-hybridized carbons (Fsp3) is 0.308. The lowest BCUT2D eigenvalue weighted by molar-refractivity contribution is -0.197. The molecular weight excluding hydrogens is 268 g/mol. The van der Waals surface area contributed by atoms with Gasteiger partial charge in [-0.1, -0.05) is 30.3 Å². The van der Waals surface area contributed by atoms with Crippen molar-refractivity contribution in [3.05, 3.63) is 35.9 Å². The number of aliphatic carboxylic acids is 2. The van der Waals surface area contributed by atoms with Crippen LogP contribution in [0.3, 0.4) is 0 Å². The third-order valence-corrected chi connectivity index (χ3v) is 3.07. The summed E-state index contributed by atoms with van der Waals surface area (Å²) in [6.07, 6.45) is 0. The summed E-state index contributed by atoms with van der Waals surface area (Å²) in [7, 11) is 0.854. The minimum Gasteiger partial charge on any atom is -0.479 e. The first kappa shape index (κ1) is 15.8. The molecule has 0 aromatic heterocycles. The maximum absolute atomic E-state index is 12.4. The van der Waals surface area contributed by atoms with Crippen LogP contribution in [-0.4, -0.2) is 51.4 Å². The third-order valence-electron chi connectivity index (χ3n) is 3.07. The molecule has 0 aliphatic carbocycles. The van der Waals surface area contributed by atoms with E-state index >= 15 is 0 Å². The number of ketones is 1. The lowest BCUT2D eigenvalue weighted by Gasteiger charge is -2.36. The maximum atomic E-state index is 12.4. The molecule has 0 aliphatic rings. The van der Waals surface area contributed by atoms with Crippen LogP contribution in [0.1, 0.15) is 17.3 Å². The van der Waals surface area contributed by atoms with Gasteiger partial charge in [0.05, 0.1) is 0 Å². The van der Waals surface area contributed by atoms with Crippen molar-refractivity contribution in [3.8, 4) is 0 Å². The number of hydrogen-bond donors (Lipinski definition) is 3. The number of rotatable bonds is 6. The Kier molecular flexibility index (Phi) is 4.26. The molecule has 7 heteroatoms. The highest BCUT2D eigenvalue weighted by Crippen LogP contribution is 2.31. The number of carbonyl (C=O) groups is 3. The average molecular weight is 282 g/mol. The van der Waals surface area contributed by atoms with Gasteiger partial charge in [0, 0.05) is 12.7 Å². The number of aliphatic hydroxyl groups is 1. The van der Waals surface area contributed by atoms with Crippen molar-refractivity contribution in [1.29, 1.82) is 0 Å². The Labute approximate surface area is 114 Å². The van der Waals surface area contributed by atoms with E-state index in [1.54, 1.807) is 6.07 Å². The third kappa shape index (κ3) is 2.17. The van der Waals surface area contributed by atoms with E-state index < -0.39 is 28.9 Å². The van der Waals surface area contributed by atoms with E-state index in [1.807, 2.05) is 0 Å². The van der Waals surface area contributed by atoms with Gasteiger partial charge in [0.15, 0.2) is 0 Å². The molecule has 0 bridgehead atoms. The molecule has 0 fully saturated rings. The van der Waals surface area contributed by atoms with E-state index in [9.17, 15) is 24.6 Å². The van der Waals surface area contributed by atoms with E-state index in [4.69, 9.17) is 5.11 Å². The number of benzene rings is 1. The highest BCUT2D eigenvalue weighted by Gasteiger charge is 2.64. The fourth-order valence-electron chi connectivity index (χ4n) is 1.85. The van der Waals surface area contributed by atoms with Crippen LogP contribution in [0, 0.1) is 0 Å². The van der Waals surface area contributed by atoms with Crippen molar-refractivity contribution in [2.24, 2.45) is 0 Å². The Morgan fingerprint density at radius 1 is 1.05 bits per heavy atom. The number of carboxylic acid groups (broad SMARTS) is 2. The van der Waals surface area contributed by atoms with Crippen molar-refractivity contribution < 1.29 is 34.4 Å². The molecule has 0 radical (unpaired) electrons. The van der Waals surface area contributed by atoms with Crippen LogP contribution in [0.4, 0.5) is 0 Å². The Morgan fingerprint density at radius 2 is 1.55 bits per heavy atom. The molecule has 0 saturated heterocycles. The van der Waals surface area contributed by atoms with E-state index in [-0.39, 0.29) is 5.56 Å². The van der Waals surface area contributed by atoms with E-state index in [1.165, 1.54) is 24.3 Å². The van der Waals surface area contributed by atoms with Gasteiger partial charge < -0.3 is 20.1 Å². The minimum absolute atomic E-state index is 0.0849. The quantitative estimate of drug-likeness (QED) is 0.502. The summed E-state index contributed by atoms with van der Waals surface area (Å²) < 4.78 is 4.66. The number of methoxy groups -OCH3 is 1. The van der Waals surface area contributed by atoms with Gasteiger partial charge in [0.1, 0.15) is 0 Å². The maximum Gasteiger partial charge on any atom is 0.348 e. The fourth-order valence-corrected chi connectivity index (χ4v) is 1.85. The highest BCUT2D eigenvalue weighted by molar-refractivity contribution is 6.19. The zero-order chi connectivity index (χ0) is 15.6. The molecule has 2 unspecified atom stereocenters. The lowest BCUT2D eigenvalue weighted by atomic mass is 9.78. The van der Waals surface area contributed by atoms with E-state index in [0.717, 1.165) is 7.11 Å². The molecule has 20 heavy (non-hydrogen) atoms. The average Bonchev–Trinajstić information content (AvgIpc) is 2.40. The van der Waals surface area contributed by atoms with Crippen LogP contribution < -0.4 is 0 Å². The first-order chi connectivity index (χ1) is 9.21. The second-order valence-electron chi connectivity index (χ2n) is 4.26. The van der Waals surface area contributed by atoms with Crippen molar-refractivity contribution in [2.75, 3.05) is 7.11 Å². The number of ether oxygens (including phenoxy) is 1. The Balaban J connectivity index is 3.52. The molecule has 0 heterocycles. The Morgan fingerprint density at radius 3 is 1.90 bits per heavy atom. The summed E-state index contributed by atoms with van der Waals surface area (Å²) in [4.78, 5) is 34.9. The highest BCUT2D eigenvalue weighted by atomic mass is 16.5. The van der Waals surface area contributed by atoms with Crippen molar-refractivity contribution >= 4 is 17.7 Å². The Hall–Kier alpha value is -2.25. The van der Waals surface area contributed by atoms with Gasteiger partial charge in [-0.05, 0) is 6.92 Å². The van der Waals surface area contributed by atoms with Crippen LogP contribution in [0.5, 0.6) is 0 Å². The summed E-state index contributed by atoms with van der Waals surface area (Å²) in [5, 5.41) is 28.3. The van der Waals surface area contributed by atoms with Gasteiger partial charge >= 0.3 is 11.9 Å². The van der Waals surface area contributed by atoms with Gasteiger partial charge in [-0.2, -0.15) is 0 Å². The second-order valence-corrected chi connectivity index (χ2v) is 4.26. The van der Waals surface area contributed by atoms with Gasteiger partial charge in [-0.3, -0.25) is 4.79 Å². The molecule has 0 amide bonds. The Bertz CT molecular complexity index is 535. The van der Waals surface area contributed by atoms with E-state index in [2.05, 4.69) is 4.74 Å². The molecule has 1 aromatic carbocycles. The SMILES string of the molecule is COC(C(=O)O)(C(=O)c1ccccc1)C(C)(O)C(=O)O. The predicted octanol–water partition coefficient (Wildman–Crippen LogP) is 0.175. The van der Waals surface area contributed by atoms with Crippen molar-refractivity contribution in [2.45, 2.75) is 18.1 Å². The molecule has 0 spiro atoms. The summed E-state index contributed by atoms with van der Waals surface area (Å²) in [5.41, 5.74) is -5.97. The minimum atomic E-state index is -2.94. The normalized spacial score (nSPS) is 16.8. The van der Waals surface area contributed by atoms with Gasteiger partial charge in [-0.25, -0.2) is 9.59 Å². The molecule has 7 nitrogen and oxygen atoms in total. The number of hydrogen-bond acceptors (Lipinski definition) is 5. The number of Topliss-reactive ketones (excluding diaryl/α,β-unsaturated/α-hetero) is 1. The van der Waals surface area contributed by atoms with Crippen LogP contribution >= 0.6 is 0 Å². The van der Waals surface area contributed by atoms with Crippen molar-refractivity contribution in [1.82, 2.24) is 0 Å². The van der Waals surface area contributed by atoms with Crippen LogP contribution in [-0.2, 0) is 14.3 Å². The van der Waals surface area contributed by atoms with Crippen LogP contribution in [0.15, 0.2) is 30.3 Å². The van der Waals surface area contributed by atoms with Crippen molar-refractivity contribution in [3.63, 3.8) is 0 Å². The monoisotopic (exact) mass is 282 g/mol. The smallest absolute Gasteiger partial charge is 0.348 e. The molecular formula is C13H14O7. The topological polar surface area (TPSA) is 121 Å². The molecule has 3 N–H and O–H groups in total. The number of carboxylic acids is 2. The molecule has 108 valence electrons. The summed E-state index contributed by atoms with van der Waals surface area (Å²) in [6.45, 7) is 0.702. The van der Waals surface area contributed by atoms with Gasteiger partial charge in [0.2, 0.25) is 11.4 Å². The molecule has 1 aromatic rings. The molecule has 1 rings (SSSR count). The van der Waals surface area contributed by atoms with Gasteiger partial charge in [0.25, 0.3) is 5.60 Å². The largest absolute Gasteiger partial charge is 0.479 e. The van der Waals surface area contributed by atoms with Gasteiger partial charge in [-0.15, -0.1) is 0 Å².